The number of nitrogens with one attached hydrogen (secondary N) is 1. The second-order valence-corrected chi connectivity index (χ2v) is 8.94. The molecule has 1 atom stereocenters. The molecule has 2 aromatic heterocycles. The molecular weight excluding hydrogens is 453 g/mol. The van der Waals surface area contributed by atoms with Crippen LogP contribution in [0.1, 0.15) is 26.3 Å². The maximum absolute atomic E-state index is 13.0. The van der Waals surface area contributed by atoms with E-state index in [1.165, 1.54) is 6.26 Å². The van der Waals surface area contributed by atoms with E-state index >= 15 is 0 Å². The second-order valence-electron chi connectivity index (χ2n) is 7.23. The molecule has 166 valence electrons. The summed E-state index contributed by atoms with van der Waals surface area (Å²) in [5.74, 6) is 0.851. The van der Waals surface area contributed by atoms with Gasteiger partial charge in [-0.05, 0) is 43.2 Å². The lowest BCUT2D eigenvalue weighted by Gasteiger charge is -2.16. The summed E-state index contributed by atoms with van der Waals surface area (Å²) in [6.45, 7) is 6.29. The first-order valence-electron chi connectivity index (χ1n) is 9.37. The van der Waals surface area contributed by atoms with Crippen LogP contribution < -0.4 is 5.32 Å². The maximum Gasteiger partial charge on any atom is 0.416 e. The monoisotopic (exact) mass is 472 g/mol. The van der Waals surface area contributed by atoms with Crippen LogP contribution in [-0.2, 0) is 17.5 Å². The van der Waals surface area contributed by atoms with Crippen molar-refractivity contribution in [2.45, 2.75) is 43.9 Å². The van der Waals surface area contributed by atoms with E-state index in [9.17, 15) is 18.0 Å². The largest absolute Gasteiger partial charge is 0.461 e. The number of hydrogen-bond acceptors (Lipinski definition) is 5. The number of alkyl halides is 3. The quantitative estimate of drug-likeness (QED) is 0.428. The van der Waals surface area contributed by atoms with Crippen molar-refractivity contribution < 1.29 is 22.4 Å². The molecule has 0 unspecified atom stereocenters. The van der Waals surface area contributed by atoms with E-state index in [-0.39, 0.29) is 16.6 Å². The van der Waals surface area contributed by atoms with Crippen molar-refractivity contribution in [1.29, 1.82) is 0 Å². The van der Waals surface area contributed by atoms with Crippen LogP contribution in [-0.4, -0.2) is 25.9 Å². The fraction of sp³-hybridized carbons (Fsp3) is 0.350. The van der Waals surface area contributed by atoms with Gasteiger partial charge in [-0.15, -0.1) is 10.2 Å². The number of halogens is 4. The van der Waals surface area contributed by atoms with Gasteiger partial charge in [-0.25, -0.2) is 0 Å². The van der Waals surface area contributed by atoms with Crippen molar-refractivity contribution in [1.82, 2.24) is 14.8 Å². The van der Waals surface area contributed by atoms with E-state index in [0.29, 0.717) is 23.3 Å². The summed E-state index contributed by atoms with van der Waals surface area (Å²) < 4.78 is 46.2. The Morgan fingerprint density at radius 3 is 2.61 bits per heavy atom. The van der Waals surface area contributed by atoms with Crippen molar-refractivity contribution in [2.75, 3.05) is 5.32 Å². The highest BCUT2D eigenvalue weighted by atomic mass is 35.5. The lowest BCUT2D eigenvalue weighted by molar-refractivity contribution is -0.137. The topological polar surface area (TPSA) is 73.0 Å². The maximum atomic E-state index is 13.0. The van der Waals surface area contributed by atoms with Gasteiger partial charge in [0.1, 0.15) is 0 Å². The Hall–Kier alpha value is -2.46. The third-order valence-corrected chi connectivity index (χ3v) is 5.62. The molecule has 0 saturated carbocycles. The highest BCUT2D eigenvalue weighted by molar-refractivity contribution is 8.00. The first-order valence-corrected chi connectivity index (χ1v) is 10.6. The van der Waals surface area contributed by atoms with E-state index in [2.05, 4.69) is 15.5 Å². The number of anilines is 1. The van der Waals surface area contributed by atoms with E-state index < -0.39 is 22.9 Å². The number of nitrogens with zero attached hydrogens (tertiary/aromatic N) is 3. The van der Waals surface area contributed by atoms with E-state index in [1.54, 1.807) is 19.1 Å². The van der Waals surface area contributed by atoms with Crippen LogP contribution in [0.2, 0.25) is 5.02 Å². The number of hydrogen-bond donors (Lipinski definition) is 1. The Labute approximate surface area is 186 Å². The van der Waals surface area contributed by atoms with Gasteiger partial charge in [0.2, 0.25) is 5.91 Å². The molecule has 0 aliphatic carbocycles. The minimum Gasteiger partial charge on any atom is -0.461 e. The van der Waals surface area contributed by atoms with Gasteiger partial charge < -0.3 is 9.73 Å². The van der Waals surface area contributed by atoms with Gasteiger partial charge >= 0.3 is 6.18 Å². The smallest absolute Gasteiger partial charge is 0.416 e. The number of furan rings is 1. The van der Waals surface area contributed by atoms with Crippen LogP contribution in [0.4, 0.5) is 18.9 Å². The van der Waals surface area contributed by atoms with Gasteiger partial charge in [0.15, 0.2) is 16.7 Å². The lowest BCUT2D eigenvalue weighted by atomic mass is 10.2. The van der Waals surface area contributed by atoms with Gasteiger partial charge in [-0.1, -0.05) is 37.2 Å². The van der Waals surface area contributed by atoms with Gasteiger partial charge in [-0.3, -0.25) is 9.36 Å². The molecule has 11 heteroatoms. The molecule has 0 radical (unpaired) electrons. The standard InChI is InChI=1S/C20H20ClF3N4O2S/c1-11(2)10-28-17(16-5-4-8-30-16)26-27-19(28)31-12(3)18(29)25-15-9-13(20(22,23)24)6-7-14(15)21/h4-9,11-12H,10H2,1-3H3,(H,25,29)/t12-/m1/s1. The summed E-state index contributed by atoms with van der Waals surface area (Å²) in [7, 11) is 0. The zero-order valence-electron chi connectivity index (χ0n) is 16.9. The van der Waals surface area contributed by atoms with Crippen LogP contribution >= 0.6 is 23.4 Å². The fourth-order valence-corrected chi connectivity index (χ4v) is 3.76. The Morgan fingerprint density at radius 1 is 1.26 bits per heavy atom. The zero-order chi connectivity index (χ0) is 22.8. The van der Waals surface area contributed by atoms with Crippen molar-refractivity contribution in [3.63, 3.8) is 0 Å². The Bertz CT molecular complexity index is 1050. The summed E-state index contributed by atoms with van der Waals surface area (Å²) in [4.78, 5) is 12.7. The molecular formula is C20H20ClF3N4O2S. The lowest BCUT2D eigenvalue weighted by Crippen LogP contribution is -2.23. The van der Waals surface area contributed by atoms with Crippen LogP contribution in [0.5, 0.6) is 0 Å². The average Bonchev–Trinajstić information content (AvgIpc) is 3.32. The number of rotatable bonds is 7. The molecule has 0 aliphatic rings. The third-order valence-electron chi connectivity index (χ3n) is 4.21. The van der Waals surface area contributed by atoms with Gasteiger partial charge in [0.05, 0.1) is 27.8 Å². The number of carbonyl (C=O) groups excluding carboxylic acids is 1. The zero-order valence-corrected chi connectivity index (χ0v) is 18.5. The molecule has 0 spiro atoms. The SMILES string of the molecule is CC(C)Cn1c(S[C@H](C)C(=O)Nc2cc(C(F)(F)F)ccc2Cl)nnc1-c1ccco1. The molecule has 3 rings (SSSR count). The normalized spacial score (nSPS) is 12.9. The number of amides is 1. The number of thioether (sulfide) groups is 1. The molecule has 2 heterocycles. The van der Waals surface area contributed by atoms with E-state index in [1.807, 2.05) is 18.4 Å². The molecule has 1 N–H and O–H groups in total. The van der Waals surface area contributed by atoms with Crippen LogP contribution in [0.3, 0.4) is 0 Å². The fourth-order valence-electron chi connectivity index (χ4n) is 2.74. The predicted octanol–water partition coefficient (Wildman–Crippen LogP) is 5.99. The summed E-state index contributed by atoms with van der Waals surface area (Å²) in [5.41, 5.74) is -0.999. The minimum atomic E-state index is -4.54. The second kappa shape index (κ2) is 9.35. The van der Waals surface area contributed by atoms with Crippen LogP contribution in [0, 0.1) is 5.92 Å². The molecule has 1 aromatic carbocycles. The Kier molecular flexibility index (Phi) is 7.00. The van der Waals surface area contributed by atoms with Gasteiger partial charge in [0, 0.05) is 6.54 Å². The van der Waals surface area contributed by atoms with Gasteiger partial charge in [0.25, 0.3) is 0 Å². The van der Waals surface area contributed by atoms with Crippen LogP contribution in [0.25, 0.3) is 11.6 Å². The number of benzene rings is 1. The van der Waals surface area contributed by atoms with Crippen molar-refractivity contribution >= 4 is 35.0 Å². The molecule has 6 nitrogen and oxygen atoms in total. The summed E-state index contributed by atoms with van der Waals surface area (Å²) >= 11 is 7.12. The average molecular weight is 473 g/mol. The predicted molar refractivity (Wildman–Crippen MR) is 113 cm³/mol. The molecule has 0 aliphatic heterocycles. The first-order chi connectivity index (χ1) is 14.6. The van der Waals surface area contributed by atoms with Crippen molar-refractivity contribution in [3.8, 4) is 11.6 Å². The van der Waals surface area contributed by atoms with Gasteiger partial charge in [-0.2, -0.15) is 13.2 Å². The first kappa shape index (κ1) is 23.2. The minimum absolute atomic E-state index is 0.0154. The van der Waals surface area contributed by atoms with E-state index in [0.717, 1.165) is 30.0 Å². The molecule has 3 aromatic rings. The van der Waals surface area contributed by atoms with Crippen LogP contribution in [0.15, 0.2) is 46.2 Å². The molecule has 1 amide bonds. The highest BCUT2D eigenvalue weighted by Gasteiger charge is 2.31. The summed E-state index contributed by atoms with van der Waals surface area (Å²) in [6, 6.07) is 6.29. The number of carbonyl (C=O) groups is 1. The Morgan fingerprint density at radius 2 is 2.00 bits per heavy atom. The third kappa shape index (κ3) is 5.62. The van der Waals surface area contributed by atoms with E-state index in [4.69, 9.17) is 16.0 Å². The molecule has 0 saturated heterocycles. The Balaban J connectivity index is 1.79. The molecule has 31 heavy (non-hydrogen) atoms. The molecule has 0 fully saturated rings. The molecule has 0 bridgehead atoms. The van der Waals surface area contributed by atoms with Crippen molar-refractivity contribution in [3.05, 3.63) is 47.2 Å². The number of aromatic nitrogens is 3. The summed E-state index contributed by atoms with van der Waals surface area (Å²) in [6.07, 6.45) is -3.01. The summed E-state index contributed by atoms with van der Waals surface area (Å²) in [5, 5.41) is 10.7. The highest BCUT2D eigenvalue weighted by Crippen LogP contribution is 2.34. The van der Waals surface area contributed by atoms with Crippen molar-refractivity contribution in [2.24, 2.45) is 5.92 Å².